The first-order chi connectivity index (χ1) is 10.0. The van der Waals surface area contributed by atoms with Gasteiger partial charge in [0.05, 0.1) is 0 Å². The van der Waals surface area contributed by atoms with Crippen molar-refractivity contribution in [2.24, 2.45) is 0 Å². The third-order valence-electron chi connectivity index (χ3n) is 4.04. The minimum absolute atomic E-state index is 0.326. The van der Waals surface area contributed by atoms with E-state index >= 15 is 0 Å². The Labute approximate surface area is 124 Å². The summed E-state index contributed by atoms with van der Waals surface area (Å²) >= 11 is 0. The average Bonchev–Trinajstić information content (AvgIpc) is 2.95. The van der Waals surface area contributed by atoms with Gasteiger partial charge in [-0.05, 0) is 37.0 Å². The van der Waals surface area contributed by atoms with Gasteiger partial charge in [-0.15, -0.1) is 0 Å². The molecule has 2 N–H and O–H groups in total. The van der Waals surface area contributed by atoms with Crippen LogP contribution in [-0.2, 0) is 11.2 Å². The highest BCUT2D eigenvalue weighted by Gasteiger charge is 2.43. The second-order valence-electron chi connectivity index (χ2n) is 5.55. The fraction of sp³-hybridized carbons (Fsp3) is 0.533. The monoisotopic (exact) mass is 291 g/mol. The molecule has 0 saturated heterocycles. The summed E-state index contributed by atoms with van der Waals surface area (Å²) in [6, 6.07) is 3.48. The molecule has 1 aromatic heterocycles. The fourth-order valence-electron chi connectivity index (χ4n) is 2.62. The number of hydrogen-bond donors (Lipinski definition) is 2. The first-order valence-corrected chi connectivity index (χ1v) is 7.19. The maximum Gasteiger partial charge on any atom is 0.329 e. The molecule has 1 aliphatic carbocycles. The number of carboxylic acids is 1. The minimum atomic E-state index is -1.08. The molecule has 6 heteroatoms. The van der Waals surface area contributed by atoms with Crippen molar-refractivity contribution in [1.82, 2.24) is 15.2 Å². The maximum absolute atomic E-state index is 12.2. The lowest BCUT2D eigenvalue weighted by molar-refractivity contribution is -0.144. The number of carbonyl (C=O) groups is 2. The summed E-state index contributed by atoms with van der Waals surface area (Å²) in [5.41, 5.74) is 0.0145. The van der Waals surface area contributed by atoms with Crippen LogP contribution < -0.4 is 5.32 Å². The van der Waals surface area contributed by atoms with E-state index in [9.17, 15) is 14.7 Å². The Kier molecular flexibility index (Phi) is 4.77. The summed E-state index contributed by atoms with van der Waals surface area (Å²) in [4.78, 5) is 29.1. The van der Waals surface area contributed by atoms with Crippen LogP contribution in [0.1, 0.15) is 31.2 Å². The number of aliphatic carboxylic acids is 1. The van der Waals surface area contributed by atoms with E-state index in [1.54, 1.807) is 19.4 Å². The van der Waals surface area contributed by atoms with Crippen molar-refractivity contribution in [1.29, 1.82) is 0 Å². The molecule has 0 aliphatic heterocycles. The number of nitrogens with one attached hydrogen (secondary N) is 1. The number of carbonyl (C=O) groups excluding carboxylic acids is 1. The summed E-state index contributed by atoms with van der Waals surface area (Å²) in [5.74, 6) is -0.934. The molecular weight excluding hydrogens is 270 g/mol. The van der Waals surface area contributed by atoms with Gasteiger partial charge in [-0.3, -0.25) is 4.98 Å². The van der Waals surface area contributed by atoms with E-state index in [4.69, 9.17) is 0 Å². The third-order valence-corrected chi connectivity index (χ3v) is 4.04. The Morgan fingerprint density at radius 2 is 1.95 bits per heavy atom. The van der Waals surface area contributed by atoms with Crippen LogP contribution in [0.15, 0.2) is 24.5 Å². The predicted octanol–water partition coefficient (Wildman–Crippen LogP) is 1.66. The van der Waals surface area contributed by atoms with Gasteiger partial charge in [0.25, 0.3) is 0 Å². The zero-order chi connectivity index (χ0) is 15.3. The van der Waals surface area contributed by atoms with Crippen LogP contribution in [0.25, 0.3) is 0 Å². The Morgan fingerprint density at radius 3 is 2.52 bits per heavy atom. The lowest BCUT2D eigenvalue weighted by Gasteiger charge is -2.28. The largest absolute Gasteiger partial charge is 0.480 e. The van der Waals surface area contributed by atoms with Crippen molar-refractivity contribution >= 4 is 12.0 Å². The van der Waals surface area contributed by atoms with Gasteiger partial charge in [-0.25, -0.2) is 9.59 Å². The van der Waals surface area contributed by atoms with Crippen molar-refractivity contribution in [2.45, 2.75) is 37.6 Å². The number of nitrogens with zero attached hydrogens (tertiary/aromatic N) is 2. The molecule has 114 valence electrons. The molecular formula is C15H21N3O3. The van der Waals surface area contributed by atoms with E-state index in [0.717, 1.165) is 18.4 Å². The summed E-state index contributed by atoms with van der Waals surface area (Å²) in [6.45, 7) is 0.533. The number of aromatic nitrogens is 1. The highest BCUT2D eigenvalue weighted by molar-refractivity contribution is 5.86. The second kappa shape index (κ2) is 6.56. The standard InChI is InChI=1S/C15H21N3O3/c1-18(11-6-12-4-9-16-10-5-12)14(21)17-15(13(19)20)7-2-3-8-15/h4-5,9-10H,2-3,6-8,11H2,1H3,(H,17,21)(H,19,20). The van der Waals surface area contributed by atoms with Gasteiger partial charge in [-0.1, -0.05) is 12.8 Å². The molecule has 0 atom stereocenters. The molecule has 0 aromatic carbocycles. The van der Waals surface area contributed by atoms with Gasteiger partial charge in [-0.2, -0.15) is 0 Å². The summed E-state index contributed by atoms with van der Waals surface area (Å²) in [5, 5.41) is 12.1. The van der Waals surface area contributed by atoms with Crippen molar-refractivity contribution in [3.05, 3.63) is 30.1 Å². The Hall–Kier alpha value is -2.11. The second-order valence-corrected chi connectivity index (χ2v) is 5.55. The summed E-state index contributed by atoms with van der Waals surface area (Å²) in [6.07, 6.45) is 6.84. The van der Waals surface area contributed by atoms with E-state index < -0.39 is 11.5 Å². The van der Waals surface area contributed by atoms with Crippen LogP contribution >= 0.6 is 0 Å². The number of pyridine rings is 1. The van der Waals surface area contributed by atoms with Gasteiger partial charge in [0, 0.05) is 26.0 Å². The van der Waals surface area contributed by atoms with E-state index in [0.29, 0.717) is 25.8 Å². The van der Waals surface area contributed by atoms with Crippen molar-refractivity contribution in [3.63, 3.8) is 0 Å². The van der Waals surface area contributed by atoms with Gasteiger partial charge in [0.15, 0.2) is 0 Å². The number of carboxylic acid groups (broad SMARTS) is 1. The SMILES string of the molecule is CN(CCc1ccncc1)C(=O)NC1(C(=O)O)CCCC1. The normalized spacial score (nSPS) is 16.4. The van der Waals surface area contributed by atoms with Gasteiger partial charge in [0.2, 0.25) is 0 Å². The molecule has 1 heterocycles. The molecule has 2 rings (SSSR count). The number of amides is 2. The zero-order valence-corrected chi connectivity index (χ0v) is 12.2. The third kappa shape index (κ3) is 3.71. The Balaban J connectivity index is 1.89. The van der Waals surface area contributed by atoms with Gasteiger partial charge in [0.1, 0.15) is 5.54 Å². The lowest BCUT2D eigenvalue weighted by Crippen LogP contribution is -2.55. The van der Waals surface area contributed by atoms with E-state index in [1.165, 1.54) is 4.90 Å². The lowest BCUT2D eigenvalue weighted by atomic mass is 9.98. The van der Waals surface area contributed by atoms with Crippen LogP contribution in [0, 0.1) is 0 Å². The first kappa shape index (κ1) is 15.3. The van der Waals surface area contributed by atoms with Crippen LogP contribution in [0.4, 0.5) is 4.79 Å². The predicted molar refractivity (Wildman–Crippen MR) is 77.9 cm³/mol. The fourth-order valence-corrected chi connectivity index (χ4v) is 2.62. The minimum Gasteiger partial charge on any atom is -0.480 e. The molecule has 21 heavy (non-hydrogen) atoms. The maximum atomic E-state index is 12.2. The van der Waals surface area contributed by atoms with Crippen LogP contribution in [0.2, 0.25) is 0 Å². The molecule has 2 amide bonds. The van der Waals surface area contributed by atoms with Crippen LogP contribution in [0.5, 0.6) is 0 Å². The van der Waals surface area contributed by atoms with Crippen molar-refractivity contribution < 1.29 is 14.7 Å². The highest BCUT2D eigenvalue weighted by atomic mass is 16.4. The smallest absolute Gasteiger partial charge is 0.329 e. The van der Waals surface area contributed by atoms with E-state index in [2.05, 4.69) is 10.3 Å². The molecule has 1 fully saturated rings. The molecule has 1 saturated carbocycles. The Bertz CT molecular complexity index is 498. The Morgan fingerprint density at radius 1 is 1.33 bits per heavy atom. The van der Waals surface area contributed by atoms with E-state index in [-0.39, 0.29) is 6.03 Å². The summed E-state index contributed by atoms with van der Waals surface area (Å²) < 4.78 is 0. The molecule has 0 spiro atoms. The quantitative estimate of drug-likeness (QED) is 0.864. The first-order valence-electron chi connectivity index (χ1n) is 7.19. The number of urea groups is 1. The van der Waals surface area contributed by atoms with Gasteiger partial charge >= 0.3 is 12.0 Å². The number of hydrogen-bond acceptors (Lipinski definition) is 3. The number of likely N-dealkylation sites (N-methyl/N-ethyl adjacent to an activating group) is 1. The molecule has 0 radical (unpaired) electrons. The number of rotatable bonds is 5. The molecule has 0 unspecified atom stereocenters. The molecule has 0 bridgehead atoms. The average molecular weight is 291 g/mol. The summed E-state index contributed by atoms with van der Waals surface area (Å²) in [7, 11) is 1.68. The zero-order valence-electron chi connectivity index (χ0n) is 12.2. The van der Waals surface area contributed by atoms with Crippen molar-refractivity contribution in [2.75, 3.05) is 13.6 Å². The van der Waals surface area contributed by atoms with Gasteiger partial charge < -0.3 is 15.3 Å². The van der Waals surface area contributed by atoms with Crippen LogP contribution in [0.3, 0.4) is 0 Å². The molecule has 6 nitrogen and oxygen atoms in total. The van der Waals surface area contributed by atoms with Crippen LogP contribution in [-0.4, -0.2) is 46.1 Å². The molecule has 1 aromatic rings. The van der Waals surface area contributed by atoms with Crippen molar-refractivity contribution in [3.8, 4) is 0 Å². The van der Waals surface area contributed by atoms with E-state index in [1.807, 2.05) is 12.1 Å². The molecule has 1 aliphatic rings. The highest BCUT2D eigenvalue weighted by Crippen LogP contribution is 2.30. The topological polar surface area (TPSA) is 82.5 Å².